The number of fused-ring (bicyclic) bond motifs is 1. The van der Waals surface area contributed by atoms with Crippen LogP contribution in [0.1, 0.15) is 79.3 Å². The molecule has 0 saturated heterocycles. The average Bonchev–Trinajstić information content (AvgIpc) is 3.14. The number of aromatic nitrogens is 1. The quantitative estimate of drug-likeness (QED) is 0.327. The lowest BCUT2D eigenvalue weighted by Gasteiger charge is -2.47. The lowest BCUT2D eigenvalue weighted by atomic mass is 9.79. The summed E-state index contributed by atoms with van der Waals surface area (Å²) in [4.78, 5) is 15.1. The summed E-state index contributed by atoms with van der Waals surface area (Å²) in [6, 6.07) is 15.0. The van der Waals surface area contributed by atoms with Crippen LogP contribution in [0.5, 0.6) is 0 Å². The highest BCUT2D eigenvalue weighted by Crippen LogP contribution is 2.44. The summed E-state index contributed by atoms with van der Waals surface area (Å²) >= 11 is 0. The van der Waals surface area contributed by atoms with Gasteiger partial charge < -0.3 is 9.47 Å². The predicted molar refractivity (Wildman–Crippen MR) is 141 cm³/mol. The zero-order chi connectivity index (χ0) is 25.3. The number of hydrazone groups is 1. The molecule has 1 aliphatic rings. The van der Waals surface area contributed by atoms with E-state index in [9.17, 15) is 4.79 Å². The molecule has 0 spiro atoms. The summed E-state index contributed by atoms with van der Waals surface area (Å²) in [6.45, 7) is 13.7. The molecule has 1 amide bonds. The molecule has 3 aromatic rings. The number of carbonyl (C=O) groups is 1. The summed E-state index contributed by atoms with van der Waals surface area (Å²) in [7, 11) is 0. The van der Waals surface area contributed by atoms with E-state index < -0.39 is 0 Å². The Balaban J connectivity index is 1.54. The molecule has 1 aliphatic heterocycles. The molecule has 4 rings (SSSR count). The first kappa shape index (κ1) is 24.7. The average molecular weight is 475 g/mol. The molecular formula is C29H35FN4O. The highest BCUT2D eigenvalue weighted by atomic mass is 19.1. The number of benzene rings is 2. The normalized spacial score (nSPS) is 17.0. The maximum atomic E-state index is 15.1. The van der Waals surface area contributed by atoms with Crippen LogP contribution < -0.4 is 10.3 Å². The summed E-state index contributed by atoms with van der Waals surface area (Å²) in [5.41, 5.74) is 8.58. The van der Waals surface area contributed by atoms with Gasteiger partial charge in [0.15, 0.2) is 0 Å². The minimum absolute atomic E-state index is 0.0231. The molecule has 2 aromatic carbocycles. The Morgan fingerprint density at radius 1 is 1.17 bits per heavy atom. The molecule has 0 bridgehead atoms. The lowest BCUT2D eigenvalue weighted by Crippen LogP contribution is -2.48. The highest BCUT2D eigenvalue weighted by molar-refractivity contribution is 5.95. The van der Waals surface area contributed by atoms with Crippen molar-refractivity contribution in [1.82, 2.24) is 9.99 Å². The van der Waals surface area contributed by atoms with Crippen molar-refractivity contribution in [2.24, 2.45) is 5.10 Å². The van der Waals surface area contributed by atoms with E-state index in [0.717, 1.165) is 47.7 Å². The molecule has 0 radical (unpaired) electrons. The zero-order valence-electron chi connectivity index (χ0n) is 21.5. The number of halogens is 1. The Labute approximate surface area is 207 Å². The Morgan fingerprint density at radius 2 is 1.89 bits per heavy atom. The van der Waals surface area contributed by atoms with E-state index in [4.69, 9.17) is 0 Å². The number of nitrogens with zero attached hydrogens (tertiary/aromatic N) is 3. The highest BCUT2D eigenvalue weighted by Gasteiger charge is 2.36. The third-order valence-electron chi connectivity index (χ3n) is 6.96. The topological polar surface area (TPSA) is 49.6 Å². The smallest absolute Gasteiger partial charge is 0.271 e. The number of amides is 1. The third-order valence-corrected chi connectivity index (χ3v) is 6.96. The van der Waals surface area contributed by atoms with Crippen LogP contribution in [0.15, 0.2) is 53.6 Å². The van der Waals surface area contributed by atoms with Gasteiger partial charge in [0.1, 0.15) is 5.82 Å². The van der Waals surface area contributed by atoms with E-state index in [1.807, 2.05) is 50.2 Å². The molecule has 1 aromatic heterocycles. The largest absolute Gasteiger partial charge is 0.366 e. The van der Waals surface area contributed by atoms with Crippen molar-refractivity contribution in [2.45, 2.75) is 65.8 Å². The van der Waals surface area contributed by atoms with Crippen LogP contribution in [0.3, 0.4) is 0 Å². The van der Waals surface area contributed by atoms with Gasteiger partial charge in [0.25, 0.3) is 5.91 Å². The Morgan fingerprint density at radius 3 is 2.57 bits per heavy atom. The van der Waals surface area contributed by atoms with Gasteiger partial charge >= 0.3 is 0 Å². The second-order valence-electron chi connectivity index (χ2n) is 10.2. The minimum Gasteiger partial charge on any atom is -0.366 e. The molecule has 6 heteroatoms. The fraction of sp³-hybridized carbons (Fsp3) is 0.379. The van der Waals surface area contributed by atoms with Crippen LogP contribution in [0.2, 0.25) is 0 Å². The molecule has 0 saturated carbocycles. The van der Waals surface area contributed by atoms with Crippen LogP contribution >= 0.6 is 0 Å². The van der Waals surface area contributed by atoms with Gasteiger partial charge in [-0.1, -0.05) is 19.9 Å². The summed E-state index contributed by atoms with van der Waals surface area (Å²) < 4.78 is 17.2. The van der Waals surface area contributed by atoms with Crippen molar-refractivity contribution in [3.63, 3.8) is 0 Å². The monoisotopic (exact) mass is 474 g/mol. The molecule has 5 nitrogen and oxygen atoms in total. The van der Waals surface area contributed by atoms with Crippen molar-refractivity contribution in [3.05, 3.63) is 82.4 Å². The molecule has 184 valence electrons. The number of hydrogen-bond donors (Lipinski definition) is 1. The fourth-order valence-corrected chi connectivity index (χ4v) is 5.35. The van der Waals surface area contributed by atoms with Crippen LogP contribution in [-0.2, 0) is 0 Å². The number of carbonyl (C=O) groups excluding carboxylic acids is 1. The Bertz CT molecular complexity index is 1250. The van der Waals surface area contributed by atoms with Crippen LogP contribution in [0, 0.1) is 19.7 Å². The standard InChI is InChI=1S/C29H35FN4O/c1-7-13-33-27-16-26(30)23(15-25(27)19(2)17-29(33,5)6)18-31-32-28(35)22-9-8-10-24(14-22)34-20(3)11-12-21(34)4/h8-12,14-16,18-19H,7,13,17H2,1-6H3,(H,32,35)/b31-18-. The lowest BCUT2D eigenvalue weighted by molar-refractivity contribution is 0.0955. The van der Waals surface area contributed by atoms with Crippen molar-refractivity contribution >= 4 is 17.8 Å². The van der Waals surface area contributed by atoms with E-state index in [2.05, 4.69) is 47.7 Å². The molecule has 35 heavy (non-hydrogen) atoms. The van der Waals surface area contributed by atoms with Crippen LogP contribution in [0.4, 0.5) is 10.1 Å². The minimum atomic E-state index is -0.340. The van der Waals surface area contributed by atoms with Gasteiger partial charge in [-0.15, -0.1) is 0 Å². The molecule has 2 heterocycles. The van der Waals surface area contributed by atoms with Crippen LogP contribution in [-0.4, -0.2) is 28.8 Å². The number of hydrogen-bond acceptors (Lipinski definition) is 3. The molecule has 0 aliphatic carbocycles. The van der Waals surface area contributed by atoms with Crippen molar-refractivity contribution in [2.75, 3.05) is 11.4 Å². The zero-order valence-corrected chi connectivity index (χ0v) is 21.5. The molecule has 1 N–H and O–H groups in total. The third kappa shape index (κ3) is 4.88. The first-order chi connectivity index (χ1) is 16.6. The van der Waals surface area contributed by atoms with Gasteiger partial charge in [-0.05, 0) is 94.5 Å². The maximum Gasteiger partial charge on any atom is 0.271 e. The summed E-state index contributed by atoms with van der Waals surface area (Å²) in [6.07, 6.45) is 3.39. The first-order valence-corrected chi connectivity index (χ1v) is 12.3. The number of rotatable bonds is 6. The first-order valence-electron chi connectivity index (χ1n) is 12.3. The van der Waals surface area contributed by atoms with Crippen LogP contribution in [0.25, 0.3) is 5.69 Å². The van der Waals surface area contributed by atoms with Crippen molar-refractivity contribution < 1.29 is 9.18 Å². The molecular weight excluding hydrogens is 439 g/mol. The molecule has 1 unspecified atom stereocenters. The van der Waals surface area contributed by atoms with Gasteiger partial charge in [-0.2, -0.15) is 5.10 Å². The van der Waals surface area contributed by atoms with Gasteiger partial charge in [0, 0.05) is 46.0 Å². The van der Waals surface area contributed by atoms with E-state index in [0.29, 0.717) is 17.0 Å². The van der Waals surface area contributed by atoms with Gasteiger partial charge in [-0.3, -0.25) is 4.79 Å². The van der Waals surface area contributed by atoms with E-state index in [1.165, 1.54) is 6.21 Å². The van der Waals surface area contributed by atoms with Crippen molar-refractivity contribution in [3.8, 4) is 5.69 Å². The molecule has 1 atom stereocenters. The van der Waals surface area contributed by atoms with Gasteiger partial charge in [0.2, 0.25) is 0 Å². The van der Waals surface area contributed by atoms with E-state index >= 15 is 4.39 Å². The van der Waals surface area contributed by atoms with E-state index in [1.54, 1.807) is 12.1 Å². The predicted octanol–water partition coefficient (Wildman–Crippen LogP) is 6.50. The Hall–Kier alpha value is -3.41. The van der Waals surface area contributed by atoms with E-state index in [-0.39, 0.29) is 17.3 Å². The van der Waals surface area contributed by atoms with Gasteiger partial charge in [0.05, 0.1) is 6.21 Å². The summed E-state index contributed by atoms with van der Waals surface area (Å²) in [5.74, 6) is -0.375. The second kappa shape index (κ2) is 9.68. The Kier molecular flexibility index (Phi) is 6.84. The fourth-order valence-electron chi connectivity index (χ4n) is 5.35. The number of nitrogens with one attached hydrogen (secondary N) is 1. The number of anilines is 1. The van der Waals surface area contributed by atoms with Crippen molar-refractivity contribution in [1.29, 1.82) is 0 Å². The second-order valence-corrected chi connectivity index (χ2v) is 10.2. The number of aryl methyl sites for hydroxylation is 2. The molecule has 0 fully saturated rings. The SMILES string of the molecule is CCCN1c2cc(F)c(/C=N\NC(=O)c3cccc(-n4c(C)ccc4C)c3)cc2C(C)CC1(C)C. The maximum absolute atomic E-state index is 15.1. The summed E-state index contributed by atoms with van der Waals surface area (Å²) in [5, 5.41) is 4.08. The van der Waals surface area contributed by atoms with Gasteiger partial charge in [-0.25, -0.2) is 9.82 Å².